The zero-order valence-corrected chi connectivity index (χ0v) is 15.1. The quantitative estimate of drug-likeness (QED) is 0.812. The molecule has 2 aromatic carbocycles. The number of hydrogen-bond donors (Lipinski definition) is 1. The molecule has 0 radical (unpaired) electrons. The summed E-state index contributed by atoms with van der Waals surface area (Å²) in [5, 5.41) is 11.1. The van der Waals surface area contributed by atoms with E-state index in [0.717, 1.165) is 36.7 Å². The van der Waals surface area contributed by atoms with Gasteiger partial charge in [-0.2, -0.15) is 0 Å². The smallest absolute Gasteiger partial charge is 0.148 e. The van der Waals surface area contributed by atoms with E-state index in [1.165, 1.54) is 5.56 Å². The molecular formula is C22H25NO3. The number of aliphatic hydroxyl groups is 1. The van der Waals surface area contributed by atoms with E-state index >= 15 is 0 Å². The third-order valence-corrected chi connectivity index (χ3v) is 4.92. The molecular weight excluding hydrogens is 326 g/mol. The molecule has 4 heteroatoms. The lowest BCUT2D eigenvalue weighted by Gasteiger charge is -2.39. The number of terminal acetylenes is 1. The minimum atomic E-state index is -0.832. The predicted molar refractivity (Wildman–Crippen MR) is 102 cm³/mol. The molecule has 26 heavy (non-hydrogen) atoms. The Kier molecular flexibility index (Phi) is 5.82. The van der Waals surface area contributed by atoms with Gasteiger partial charge in [0.05, 0.1) is 12.7 Å². The number of ether oxygens (including phenoxy) is 2. The summed E-state index contributed by atoms with van der Waals surface area (Å²) < 4.78 is 10.9. The van der Waals surface area contributed by atoms with E-state index in [-0.39, 0.29) is 6.61 Å². The van der Waals surface area contributed by atoms with Crippen LogP contribution in [0.2, 0.25) is 0 Å². The Morgan fingerprint density at radius 3 is 2.65 bits per heavy atom. The van der Waals surface area contributed by atoms with Crippen molar-refractivity contribution in [2.24, 2.45) is 0 Å². The van der Waals surface area contributed by atoms with Gasteiger partial charge in [-0.05, 0) is 36.6 Å². The van der Waals surface area contributed by atoms with Crippen LogP contribution in [0.25, 0.3) is 0 Å². The van der Waals surface area contributed by atoms with Crippen molar-refractivity contribution in [2.45, 2.75) is 25.0 Å². The van der Waals surface area contributed by atoms with E-state index in [0.29, 0.717) is 12.8 Å². The normalized spacial score (nSPS) is 16.7. The fraction of sp³-hybridized carbons (Fsp3) is 0.364. The second-order valence-corrected chi connectivity index (χ2v) is 6.65. The van der Waals surface area contributed by atoms with E-state index < -0.39 is 5.60 Å². The number of likely N-dealkylation sites (tertiary alicyclic amines) is 1. The molecule has 0 spiro atoms. The molecule has 1 aliphatic heterocycles. The van der Waals surface area contributed by atoms with Crippen LogP contribution in [0.4, 0.5) is 0 Å². The zero-order chi connectivity index (χ0) is 18.4. The van der Waals surface area contributed by atoms with Gasteiger partial charge in [0.2, 0.25) is 0 Å². The maximum atomic E-state index is 11.1. The van der Waals surface area contributed by atoms with E-state index in [1.54, 1.807) is 7.11 Å². The van der Waals surface area contributed by atoms with Crippen LogP contribution in [0, 0.1) is 12.3 Å². The van der Waals surface area contributed by atoms with Gasteiger partial charge in [-0.25, -0.2) is 0 Å². The Morgan fingerprint density at radius 1 is 1.15 bits per heavy atom. The third kappa shape index (κ3) is 4.19. The number of methoxy groups -OCH3 is 1. The van der Waals surface area contributed by atoms with Crippen LogP contribution in [0.3, 0.4) is 0 Å². The summed E-state index contributed by atoms with van der Waals surface area (Å²) in [5.41, 5.74) is 1.23. The summed E-state index contributed by atoms with van der Waals surface area (Å²) in [6, 6.07) is 15.7. The second kappa shape index (κ2) is 8.27. The van der Waals surface area contributed by atoms with Crippen LogP contribution < -0.4 is 9.47 Å². The molecule has 1 aliphatic rings. The van der Waals surface area contributed by atoms with Gasteiger partial charge in [0.15, 0.2) is 0 Å². The minimum Gasteiger partial charge on any atom is -0.496 e. The Hall–Kier alpha value is -2.48. The number of hydrogen-bond acceptors (Lipinski definition) is 4. The highest BCUT2D eigenvalue weighted by molar-refractivity contribution is 5.38. The van der Waals surface area contributed by atoms with Crippen LogP contribution in [0.5, 0.6) is 11.5 Å². The average Bonchev–Trinajstić information content (AvgIpc) is 2.68. The van der Waals surface area contributed by atoms with Crippen molar-refractivity contribution in [3.8, 4) is 23.8 Å². The number of para-hydroxylation sites is 1. The minimum absolute atomic E-state index is 0.277. The van der Waals surface area contributed by atoms with Crippen LogP contribution in [0.15, 0.2) is 48.5 Å². The molecule has 1 fully saturated rings. The fourth-order valence-electron chi connectivity index (χ4n) is 3.50. The van der Waals surface area contributed by atoms with E-state index in [1.807, 2.05) is 42.5 Å². The van der Waals surface area contributed by atoms with Crippen LogP contribution in [-0.2, 0) is 12.1 Å². The lowest BCUT2D eigenvalue weighted by atomic mass is 9.84. The Balaban J connectivity index is 1.63. The number of piperidine rings is 1. The molecule has 1 saturated heterocycles. The molecule has 1 heterocycles. The molecule has 0 unspecified atom stereocenters. The zero-order valence-electron chi connectivity index (χ0n) is 15.1. The summed E-state index contributed by atoms with van der Waals surface area (Å²) >= 11 is 0. The molecule has 4 nitrogen and oxygen atoms in total. The van der Waals surface area contributed by atoms with Gasteiger partial charge in [-0.3, -0.25) is 4.90 Å². The first-order valence-electron chi connectivity index (χ1n) is 8.88. The maximum Gasteiger partial charge on any atom is 0.148 e. The molecule has 0 atom stereocenters. The van der Waals surface area contributed by atoms with Crippen LogP contribution in [-0.4, -0.2) is 36.8 Å². The van der Waals surface area contributed by atoms with Gasteiger partial charge in [0.25, 0.3) is 0 Å². The predicted octanol–water partition coefficient (Wildman–Crippen LogP) is 3.19. The summed E-state index contributed by atoms with van der Waals surface area (Å²) in [5.74, 6) is 4.03. The largest absolute Gasteiger partial charge is 0.496 e. The van der Waals surface area contributed by atoms with Crippen molar-refractivity contribution in [2.75, 3.05) is 26.8 Å². The Labute approximate surface area is 155 Å². The standard InChI is InChI=1S/C22H25NO3/c1-3-15-26-19-8-6-7-18(16-19)17-23-13-11-22(24,12-14-23)20-9-4-5-10-21(20)25-2/h1,4-10,16,24H,11-15,17H2,2H3. The highest BCUT2D eigenvalue weighted by atomic mass is 16.5. The monoisotopic (exact) mass is 351 g/mol. The van der Waals surface area contributed by atoms with E-state index in [9.17, 15) is 5.11 Å². The van der Waals surface area contributed by atoms with Gasteiger partial charge >= 0.3 is 0 Å². The highest BCUT2D eigenvalue weighted by Gasteiger charge is 2.36. The first kappa shape index (κ1) is 18.3. The summed E-state index contributed by atoms with van der Waals surface area (Å²) in [4.78, 5) is 2.35. The summed E-state index contributed by atoms with van der Waals surface area (Å²) in [6.45, 7) is 2.75. The molecule has 3 rings (SSSR count). The molecule has 1 N–H and O–H groups in total. The topological polar surface area (TPSA) is 41.9 Å². The van der Waals surface area contributed by atoms with E-state index in [4.69, 9.17) is 15.9 Å². The highest BCUT2D eigenvalue weighted by Crippen LogP contribution is 2.38. The third-order valence-electron chi connectivity index (χ3n) is 4.92. The second-order valence-electron chi connectivity index (χ2n) is 6.65. The van der Waals surface area contributed by atoms with Gasteiger partial charge in [-0.15, -0.1) is 6.42 Å². The average molecular weight is 351 g/mol. The van der Waals surface area contributed by atoms with Gasteiger partial charge in [-0.1, -0.05) is 36.3 Å². The fourth-order valence-corrected chi connectivity index (χ4v) is 3.50. The molecule has 0 saturated carbocycles. The molecule has 0 aromatic heterocycles. The molecule has 0 amide bonds. The van der Waals surface area contributed by atoms with Crippen molar-refractivity contribution in [1.82, 2.24) is 4.90 Å². The van der Waals surface area contributed by atoms with Gasteiger partial charge in [0.1, 0.15) is 18.1 Å². The van der Waals surface area contributed by atoms with Crippen molar-refractivity contribution in [1.29, 1.82) is 0 Å². The lowest BCUT2D eigenvalue weighted by Crippen LogP contribution is -2.42. The van der Waals surface area contributed by atoms with Crippen molar-refractivity contribution in [3.63, 3.8) is 0 Å². The Bertz CT molecular complexity index is 773. The SMILES string of the molecule is C#CCOc1cccc(CN2CCC(O)(c3ccccc3OC)CC2)c1. The van der Waals surface area contributed by atoms with E-state index in [2.05, 4.69) is 16.9 Å². The molecule has 136 valence electrons. The van der Waals surface area contributed by atoms with Crippen molar-refractivity contribution < 1.29 is 14.6 Å². The maximum absolute atomic E-state index is 11.1. The molecule has 0 aliphatic carbocycles. The lowest BCUT2D eigenvalue weighted by molar-refractivity contribution is -0.0292. The van der Waals surface area contributed by atoms with Gasteiger partial charge < -0.3 is 14.6 Å². The van der Waals surface area contributed by atoms with Crippen molar-refractivity contribution in [3.05, 3.63) is 59.7 Å². The summed E-state index contributed by atoms with van der Waals surface area (Å²) in [7, 11) is 1.65. The first-order chi connectivity index (χ1) is 12.6. The Morgan fingerprint density at radius 2 is 1.92 bits per heavy atom. The first-order valence-corrected chi connectivity index (χ1v) is 8.88. The molecule has 2 aromatic rings. The van der Waals surface area contributed by atoms with Crippen LogP contribution >= 0.6 is 0 Å². The summed E-state index contributed by atoms with van der Waals surface area (Å²) in [6.07, 6.45) is 6.60. The van der Waals surface area contributed by atoms with Crippen molar-refractivity contribution >= 4 is 0 Å². The van der Waals surface area contributed by atoms with Crippen LogP contribution in [0.1, 0.15) is 24.0 Å². The number of nitrogens with zero attached hydrogens (tertiary/aromatic N) is 1. The van der Waals surface area contributed by atoms with Gasteiger partial charge in [0, 0.05) is 25.2 Å². The number of rotatable bonds is 6. The number of benzene rings is 2. The molecule has 0 bridgehead atoms.